The van der Waals surface area contributed by atoms with E-state index in [4.69, 9.17) is 16.3 Å². The largest absolute Gasteiger partial charge is 0.450 e. The smallest absolute Gasteiger partial charge is 0.411 e. The number of nitrogens with one attached hydrogen (secondary N) is 2. The van der Waals surface area contributed by atoms with Gasteiger partial charge in [-0.1, -0.05) is 17.7 Å². The molecule has 0 atom stereocenters. The predicted octanol–water partition coefficient (Wildman–Crippen LogP) is 4.16. The first kappa shape index (κ1) is 15.9. The second-order valence-corrected chi connectivity index (χ2v) is 4.82. The molecule has 22 heavy (non-hydrogen) atoms. The Balaban J connectivity index is 2.05. The van der Waals surface area contributed by atoms with Crippen LogP contribution in [0.15, 0.2) is 48.5 Å². The number of carbonyl (C=O) groups is 2. The van der Waals surface area contributed by atoms with Crippen LogP contribution in [0.4, 0.5) is 16.2 Å². The zero-order valence-corrected chi connectivity index (χ0v) is 12.7. The summed E-state index contributed by atoms with van der Waals surface area (Å²) in [5, 5.41) is 5.89. The monoisotopic (exact) mass is 318 g/mol. The molecule has 2 amide bonds. The quantitative estimate of drug-likeness (QED) is 0.889. The second kappa shape index (κ2) is 7.47. The predicted molar refractivity (Wildman–Crippen MR) is 86.5 cm³/mol. The van der Waals surface area contributed by atoms with Gasteiger partial charge in [-0.3, -0.25) is 10.1 Å². The molecule has 0 saturated heterocycles. The Kier molecular flexibility index (Phi) is 5.38. The van der Waals surface area contributed by atoms with Crippen molar-refractivity contribution in [1.29, 1.82) is 0 Å². The summed E-state index contributed by atoms with van der Waals surface area (Å²) in [7, 11) is 0. The molecule has 0 unspecified atom stereocenters. The number of benzene rings is 2. The summed E-state index contributed by atoms with van der Waals surface area (Å²) in [4.78, 5) is 23.5. The zero-order valence-electron chi connectivity index (χ0n) is 11.9. The molecular weight excluding hydrogens is 304 g/mol. The van der Waals surface area contributed by atoms with Crippen LogP contribution in [-0.2, 0) is 4.74 Å². The Morgan fingerprint density at radius 1 is 1.05 bits per heavy atom. The first-order valence-electron chi connectivity index (χ1n) is 6.69. The first-order chi connectivity index (χ1) is 10.6. The van der Waals surface area contributed by atoms with Gasteiger partial charge >= 0.3 is 6.09 Å². The number of carbonyl (C=O) groups excluding carboxylic acids is 2. The average Bonchev–Trinajstić information content (AvgIpc) is 2.48. The lowest BCUT2D eigenvalue weighted by atomic mass is 10.2. The van der Waals surface area contributed by atoms with Crippen molar-refractivity contribution >= 4 is 35.0 Å². The third-order valence-corrected chi connectivity index (χ3v) is 3.00. The van der Waals surface area contributed by atoms with E-state index in [9.17, 15) is 9.59 Å². The molecule has 0 aliphatic carbocycles. The third-order valence-electron chi connectivity index (χ3n) is 2.75. The van der Waals surface area contributed by atoms with Gasteiger partial charge in [0.1, 0.15) is 0 Å². The molecule has 114 valence electrons. The molecular formula is C16H15ClN2O3. The van der Waals surface area contributed by atoms with Gasteiger partial charge in [0.2, 0.25) is 0 Å². The maximum atomic E-state index is 12.1. The molecule has 0 radical (unpaired) electrons. The Morgan fingerprint density at radius 3 is 2.32 bits per heavy atom. The van der Waals surface area contributed by atoms with Crippen molar-refractivity contribution < 1.29 is 14.3 Å². The molecule has 5 nitrogen and oxygen atoms in total. The second-order valence-electron chi connectivity index (χ2n) is 4.39. The molecule has 0 aromatic heterocycles. The van der Waals surface area contributed by atoms with Crippen molar-refractivity contribution in [2.24, 2.45) is 0 Å². The minimum Gasteiger partial charge on any atom is -0.450 e. The number of ether oxygens (including phenoxy) is 1. The molecule has 0 saturated carbocycles. The minimum atomic E-state index is -0.538. The van der Waals surface area contributed by atoms with Crippen LogP contribution in [-0.4, -0.2) is 18.6 Å². The van der Waals surface area contributed by atoms with Crippen molar-refractivity contribution in [3.8, 4) is 0 Å². The molecule has 2 N–H and O–H groups in total. The number of halogens is 1. The fourth-order valence-electron chi connectivity index (χ4n) is 1.76. The van der Waals surface area contributed by atoms with Gasteiger partial charge in [-0.25, -0.2) is 4.79 Å². The van der Waals surface area contributed by atoms with Crippen LogP contribution in [0.2, 0.25) is 5.02 Å². The van der Waals surface area contributed by atoms with Crippen LogP contribution in [0.3, 0.4) is 0 Å². The molecule has 2 aromatic rings. The van der Waals surface area contributed by atoms with E-state index in [0.29, 0.717) is 28.6 Å². The maximum Gasteiger partial charge on any atom is 0.411 e. The van der Waals surface area contributed by atoms with Crippen molar-refractivity contribution in [3.05, 3.63) is 59.1 Å². The van der Waals surface area contributed by atoms with Gasteiger partial charge in [0, 0.05) is 22.0 Å². The van der Waals surface area contributed by atoms with Crippen molar-refractivity contribution in [1.82, 2.24) is 0 Å². The van der Waals surface area contributed by atoms with Crippen LogP contribution in [0.1, 0.15) is 17.3 Å². The maximum absolute atomic E-state index is 12.1. The standard InChI is InChI=1S/C16H15ClN2O3/c1-2-22-16(21)19-14-5-3-4-13(10-14)18-15(20)11-6-8-12(17)9-7-11/h3-10H,2H2,1H3,(H,18,20)(H,19,21). The summed E-state index contributed by atoms with van der Waals surface area (Å²) >= 11 is 5.79. The van der Waals surface area contributed by atoms with Crippen LogP contribution >= 0.6 is 11.6 Å². The Labute approximate surface area is 133 Å². The number of anilines is 2. The average molecular weight is 319 g/mol. The molecule has 0 spiro atoms. The summed E-state index contributed by atoms with van der Waals surface area (Å²) in [6.45, 7) is 2.02. The van der Waals surface area contributed by atoms with Gasteiger partial charge in [0.15, 0.2) is 0 Å². The highest BCUT2D eigenvalue weighted by Crippen LogP contribution is 2.17. The Morgan fingerprint density at radius 2 is 1.68 bits per heavy atom. The number of hydrogen-bond acceptors (Lipinski definition) is 3. The Bertz CT molecular complexity index is 671. The SMILES string of the molecule is CCOC(=O)Nc1cccc(NC(=O)c2ccc(Cl)cc2)c1. The molecule has 0 aliphatic rings. The van der Waals surface area contributed by atoms with Gasteiger partial charge in [-0.2, -0.15) is 0 Å². The van der Waals surface area contributed by atoms with E-state index in [0.717, 1.165) is 0 Å². The molecule has 6 heteroatoms. The van der Waals surface area contributed by atoms with Gasteiger partial charge < -0.3 is 10.1 Å². The highest BCUT2D eigenvalue weighted by molar-refractivity contribution is 6.30. The van der Waals surface area contributed by atoms with Crippen LogP contribution in [0.25, 0.3) is 0 Å². The highest BCUT2D eigenvalue weighted by Gasteiger charge is 2.07. The van der Waals surface area contributed by atoms with E-state index in [1.165, 1.54) is 0 Å². The molecule has 0 fully saturated rings. The van der Waals surface area contributed by atoms with E-state index < -0.39 is 6.09 Å². The molecule has 0 heterocycles. The van der Waals surface area contributed by atoms with Crippen molar-refractivity contribution in [2.45, 2.75) is 6.92 Å². The van der Waals surface area contributed by atoms with E-state index in [1.54, 1.807) is 55.5 Å². The first-order valence-corrected chi connectivity index (χ1v) is 7.07. The van der Waals surface area contributed by atoms with Gasteiger partial charge in [-0.15, -0.1) is 0 Å². The van der Waals surface area contributed by atoms with E-state index in [1.807, 2.05) is 0 Å². The summed E-state index contributed by atoms with van der Waals surface area (Å²) in [6.07, 6.45) is -0.538. The number of hydrogen-bond donors (Lipinski definition) is 2. The lowest BCUT2D eigenvalue weighted by molar-refractivity contribution is 0.102. The molecule has 0 aliphatic heterocycles. The fraction of sp³-hybridized carbons (Fsp3) is 0.125. The van der Waals surface area contributed by atoms with Gasteiger partial charge in [-0.05, 0) is 49.4 Å². The van der Waals surface area contributed by atoms with Crippen LogP contribution in [0, 0.1) is 0 Å². The van der Waals surface area contributed by atoms with E-state index in [-0.39, 0.29) is 5.91 Å². The third kappa shape index (κ3) is 4.49. The van der Waals surface area contributed by atoms with Crippen LogP contribution in [0.5, 0.6) is 0 Å². The molecule has 2 aromatic carbocycles. The topological polar surface area (TPSA) is 67.4 Å². The van der Waals surface area contributed by atoms with Gasteiger partial charge in [0.25, 0.3) is 5.91 Å². The lowest BCUT2D eigenvalue weighted by Gasteiger charge is -2.09. The van der Waals surface area contributed by atoms with Crippen LogP contribution < -0.4 is 10.6 Å². The highest BCUT2D eigenvalue weighted by atomic mass is 35.5. The molecule has 0 bridgehead atoms. The summed E-state index contributed by atoms with van der Waals surface area (Å²) in [5.74, 6) is -0.259. The van der Waals surface area contributed by atoms with E-state index in [2.05, 4.69) is 10.6 Å². The van der Waals surface area contributed by atoms with Crippen molar-refractivity contribution in [3.63, 3.8) is 0 Å². The lowest BCUT2D eigenvalue weighted by Crippen LogP contribution is -2.14. The van der Waals surface area contributed by atoms with E-state index >= 15 is 0 Å². The minimum absolute atomic E-state index is 0.259. The molecule has 2 rings (SSSR count). The summed E-state index contributed by atoms with van der Waals surface area (Å²) in [5.41, 5.74) is 1.59. The summed E-state index contributed by atoms with van der Waals surface area (Å²) in [6, 6.07) is 13.4. The fourth-order valence-corrected chi connectivity index (χ4v) is 1.89. The zero-order chi connectivity index (χ0) is 15.9. The Hall–Kier alpha value is -2.53. The summed E-state index contributed by atoms with van der Waals surface area (Å²) < 4.78 is 4.80. The number of rotatable bonds is 4. The van der Waals surface area contributed by atoms with Crippen molar-refractivity contribution in [2.75, 3.05) is 17.2 Å². The van der Waals surface area contributed by atoms with Gasteiger partial charge in [0.05, 0.1) is 6.61 Å². The number of amides is 2. The normalized spacial score (nSPS) is 9.91.